The fourth-order valence-corrected chi connectivity index (χ4v) is 33.5. The van der Waals surface area contributed by atoms with Gasteiger partial charge < -0.3 is 0 Å². The van der Waals surface area contributed by atoms with Crippen molar-refractivity contribution >= 4 is 34.1 Å². The summed E-state index contributed by atoms with van der Waals surface area (Å²) < 4.78 is 21.7. The molecule has 0 atom stereocenters. The molecule has 0 radical (unpaired) electrons. The maximum absolute atomic E-state index is 5.64. The molecule has 1 heterocycles. The molecule has 0 amide bonds. The van der Waals surface area contributed by atoms with Crippen LogP contribution in [0.5, 0.6) is 0 Å². The summed E-state index contributed by atoms with van der Waals surface area (Å²) in [7, 11) is -5.64. The van der Waals surface area contributed by atoms with Crippen molar-refractivity contribution in [2.75, 3.05) is 0 Å². The number of aromatic nitrogens is 1. The van der Waals surface area contributed by atoms with Gasteiger partial charge in [-0.05, 0) is 0 Å². The van der Waals surface area contributed by atoms with E-state index in [1.54, 1.807) is 3.28 Å². The zero-order valence-electron chi connectivity index (χ0n) is 16.6. The molecule has 0 bridgehead atoms. The minimum atomic E-state index is -5.64. The van der Waals surface area contributed by atoms with E-state index in [1.807, 2.05) is 0 Å². The van der Waals surface area contributed by atoms with E-state index in [0.29, 0.717) is 0 Å². The molecule has 0 spiro atoms. The van der Waals surface area contributed by atoms with Gasteiger partial charge in [0.2, 0.25) is 0 Å². The zero-order chi connectivity index (χ0) is 16.7. The average Bonchev–Trinajstić information content (AvgIpc) is 2.91. The van der Waals surface area contributed by atoms with Crippen LogP contribution in [-0.4, -0.2) is 10.9 Å². The van der Waals surface area contributed by atoms with Crippen molar-refractivity contribution in [2.45, 2.75) is 51.9 Å². The van der Waals surface area contributed by atoms with E-state index in [9.17, 15) is 0 Å². The Hall–Kier alpha value is 0.440. The summed E-state index contributed by atoms with van der Waals surface area (Å²) >= 11 is 0. The van der Waals surface area contributed by atoms with E-state index in [-0.39, 0.29) is 24.8 Å². The minimum Gasteiger partial charge on any atom is -0.147 e. The SMILES string of the molecule is C[SiH](C)[Zr]([CH3])([CH3])([CH3])([CH3])([CH3])([CH3])([CH3])([C]1=CC=CC1)[c]1ccc[nH]1.Cl.Cl. The van der Waals surface area contributed by atoms with Gasteiger partial charge in [-0.2, -0.15) is 0 Å². The number of hydrogen-bond acceptors (Lipinski definition) is 0. The van der Waals surface area contributed by atoms with Crippen LogP contribution < -0.4 is 3.40 Å². The van der Waals surface area contributed by atoms with Crippen LogP contribution in [0.3, 0.4) is 0 Å². The normalized spacial score (nSPS) is 26.6. The predicted molar refractivity (Wildman–Crippen MR) is 117 cm³/mol. The summed E-state index contributed by atoms with van der Waals surface area (Å²) in [5, 5.41) is 0. The number of hydrogen-bond donors (Lipinski definition) is 1. The Morgan fingerprint density at radius 2 is 1.48 bits per heavy atom. The molecule has 23 heavy (non-hydrogen) atoms. The van der Waals surface area contributed by atoms with Crippen LogP contribution in [0.2, 0.25) is 45.5 Å². The topological polar surface area (TPSA) is 15.8 Å². The Morgan fingerprint density at radius 3 is 1.78 bits per heavy atom. The maximum Gasteiger partial charge on any atom is -0.147 e. The molecule has 1 aromatic heterocycles. The molecule has 0 saturated carbocycles. The van der Waals surface area contributed by atoms with E-state index < -0.39 is 16.4 Å². The largest absolute Gasteiger partial charge is 0.147 e. The number of nitrogens with one attached hydrogen (secondary N) is 1. The van der Waals surface area contributed by atoms with Crippen molar-refractivity contribution in [1.29, 1.82) is 0 Å². The Labute approximate surface area is 140 Å². The van der Waals surface area contributed by atoms with Crippen LogP contribution >= 0.6 is 24.8 Å². The fourth-order valence-electron chi connectivity index (χ4n) is 4.39. The van der Waals surface area contributed by atoms with E-state index in [0.717, 1.165) is 6.42 Å². The van der Waals surface area contributed by atoms with E-state index in [1.165, 1.54) is 3.40 Å². The van der Waals surface area contributed by atoms with Gasteiger partial charge in [-0.3, -0.25) is 0 Å². The van der Waals surface area contributed by atoms with Crippen LogP contribution in [0.25, 0.3) is 0 Å². The second-order valence-corrected chi connectivity index (χ2v) is 142. The van der Waals surface area contributed by atoms with Crippen molar-refractivity contribution in [3.8, 4) is 0 Å². The van der Waals surface area contributed by atoms with Gasteiger partial charge in [0.15, 0.2) is 0 Å². The molecule has 0 aliphatic heterocycles. The average molecular weight is 460 g/mol. The number of halogens is 2. The molecule has 0 unspecified atom stereocenters. The van der Waals surface area contributed by atoms with Gasteiger partial charge in [0.05, 0.1) is 0 Å². The van der Waals surface area contributed by atoms with Gasteiger partial charge in [0, 0.05) is 0 Å². The quantitative estimate of drug-likeness (QED) is 0.468. The molecule has 2 rings (SSSR count). The van der Waals surface area contributed by atoms with Crippen molar-refractivity contribution in [2.24, 2.45) is 0 Å². The summed E-state index contributed by atoms with van der Waals surface area (Å²) in [5.41, 5.74) is 0. The summed E-state index contributed by atoms with van der Waals surface area (Å²) in [5.74, 6) is -1.33. The van der Waals surface area contributed by atoms with Crippen LogP contribution in [0, 0.1) is 0 Å². The molecule has 0 fully saturated rings. The maximum atomic E-state index is 3.71. The Balaban J connectivity index is 0.00000242. The Bertz CT molecular complexity index is 820. The first kappa shape index (κ1) is 23.4. The van der Waals surface area contributed by atoms with Crippen molar-refractivity contribution in [3.63, 3.8) is 0 Å². The predicted octanol–water partition coefficient (Wildman–Crippen LogP) is 7.02. The molecule has 5 heteroatoms. The third kappa shape index (κ3) is 2.00. The van der Waals surface area contributed by atoms with Gasteiger partial charge >= 0.3 is 117 Å². The third-order valence-corrected chi connectivity index (χ3v) is 117. The first-order valence-corrected chi connectivity index (χ1v) is 35.5. The third-order valence-electron chi connectivity index (χ3n) is 10.8. The number of aromatic amines is 1. The number of rotatable bonds is 3. The molecule has 1 aromatic rings. The van der Waals surface area contributed by atoms with Gasteiger partial charge in [-0.1, -0.05) is 0 Å². The Kier molecular flexibility index (Phi) is 2.70. The smallest absolute Gasteiger partial charge is 0.147 e. The summed E-state index contributed by atoms with van der Waals surface area (Å²) in [6, 6.07) is 4.52. The molecule has 138 valence electrons. The molecule has 1 aliphatic rings. The van der Waals surface area contributed by atoms with E-state index >= 15 is 0 Å². The summed E-state index contributed by atoms with van der Waals surface area (Å²) in [6.07, 6.45) is 10.2. The molecule has 1 aliphatic carbocycles. The van der Waals surface area contributed by atoms with Gasteiger partial charge in [0.25, 0.3) is 0 Å². The van der Waals surface area contributed by atoms with E-state index in [2.05, 4.69) is 87.1 Å². The second-order valence-electron chi connectivity index (χ2n) is 20.0. The van der Waals surface area contributed by atoms with Gasteiger partial charge in [-0.25, -0.2) is 0 Å². The Morgan fingerprint density at radius 1 is 0.957 bits per heavy atom. The summed E-state index contributed by atoms with van der Waals surface area (Å²) in [6.45, 7) is 5.10. The first-order valence-electron chi connectivity index (χ1n) is 8.65. The zero-order valence-corrected chi connectivity index (χ0v) is 21.8. The van der Waals surface area contributed by atoms with Gasteiger partial charge in [0.1, 0.15) is 0 Å². The van der Waals surface area contributed by atoms with Crippen LogP contribution in [-0.2, 0) is 10.5 Å². The minimum absolute atomic E-state index is 0. The fraction of sp³-hybridized carbons (Fsp3) is 0.556. The van der Waals surface area contributed by atoms with Crippen molar-refractivity contribution < 1.29 is 10.5 Å². The van der Waals surface area contributed by atoms with Crippen LogP contribution in [0.1, 0.15) is 6.42 Å². The molecule has 0 aromatic carbocycles. The molecular formula is C18H39Cl2NSiZr. The number of allylic oxidation sites excluding steroid dienone is 4. The monoisotopic (exact) mass is 457 g/mol. The van der Waals surface area contributed by atoms with Gasteiger partial charge in [-0.15, -0.1) is 24.8 Å². The van der Waals surface area contributed by atoms with Crippen molar-refractivity contribution in [3.05, 3.63) is 39.8 Å². The van der Waals surface area contributed by atoms with E-state index in [4.69, 9.17) is 0 Å². The summed E-state index contributed by atoms with van der Waals surface area (Å²) in [4.78, 5) is 3.71. The standard InChI is InChI=1S/C5H5.C4H4N.C2H7Si.7CH3.2ClH.Zr/c2*1-2-4-5-3-1;1-3-2;;;;;;;;;;/h1-3H,4H2;1-3,5H;3H,1-2H3;7*1H3;2*1H;. The second kappa shape index (κ2) is 2.65. The first-order chi connectivity index (χ1) is 8.55. The van der Waals surface area contributed by atoms with Crippen LogP contribution in [0.15, 0.2) is 39.8 Å². The molecular weight excluding hydrogens is 420 g/mol. The molecule has 0 saturated heterocycles. The van der Waals surface area contributed by atoms with Crippen molar-refractivity contribution in [1.82, 2.24) is 4.98 Å². The van der Waals surface area contributed by atoms with Crippen LogP contribution in [0.4, 0.5) is 0 Å². The molecule has 1 nitrogen and oxygen atoms in total. The molecule has 1 N–H and O–H groups in total. The number of H-pyrrole nitrogens is 1.